The molecule has 0 N–H and O–H groups in total. The first kappa shape index (κ1) is 16.5. The molecule has 0 bridgehead atoms. The van der Waals surface area contributed by atoms with Crippen LogP contribution < -0.4 is 0 Å². The molecule has 1 aromatic rings. The highest BCUT2D eigenvalue weighted by Crippen LogP contribution is 2.32. The van der Waals surface area contributed by atoms with Gasteiger partial charge in [0.25, 0.3) is 0 Å². The van der Waals surface area contributed by atoms with E-state index in [4.69, 9.17) is 4.74 Å². The maximum Gasteiger partial charge on any atom is 0.217 e. The fraction of sp³-hybridized carbons (Fsp3) is 0.786. The minimum absolute atomic E-state index is 0.0207. The minimum Gasteiger partial charge on any atom is -0.381 e. The van der Waals surface area contributed by atoms with Gasteiger partial charge in [-0.15, -0.1) is 0 Å². The summed E-state index contributed by atoms with van der Waals surface area (Å²) in [5.41, 5.74) is 0. The predicted octanol–water partition coefficient (Wildman–Crippen LogP) is 1.79. The van der Waals surface area contributed by atoms with E-state index in [1.165, 1.54) is 7.11 Å². The zero-order valence-corrected chi connectivity index (χ0v) is 13.8. The molecule has 6 nitrogen and oxygen atoms in total. The number of rotatable bonds is 6. The molecular weight excluding hydrogens is 290 g/mol. The van der Waals surface area contributed by atoms with Crippen LogP contribution >= 0.6 is 0 Å². The molecule has 1 fully saturated rings. The number of methoxy groups -OCH3 is 1. The van der Waals surface area contributed by atoms with Crippen molar-refractivity contribution in [3.63, 3.8) is 0 Å². The summed E-state index contributed by atoms with van der Waals surface area (Å²) in [6, 6.07) is -0.150. The van der Waals surface area contributed by atoms with Crippen LogP contribution in [0.3, 0.4) is 0 Å². The number of sulfonamides is 1. The number of imidazole rings is 1. The molecule has 21 heavy (non-hydrogen) atoms. The lowest BCUT2D eigenvalue weighted by atomic mass is 10.0. The number of nitrogens with zero attached hydrogens (tertiary/aromatic N) is 3. The van der Waals surface area contributed by atoms with Crippen molar-refractivity contribution in [2.24, 2.45) is 0 Å². The van der Waals surface area contributed by atoms with Crippen molar-refractivity contribution < 1.29 is 13.2 Å². The molecule has 2 atom stereocenters. The standard InChI is InChI=1S/C14H25N3O3S/c1-4-16-10-8-15-14(16)13-7-5-6-9-17(13)21(18,19)11-12(2)20-3/h8,10,12-13H,4-7,9,11H2,1-3H3. The molecule has 2 heterocycles. The molecule has 7 heteroatoms. The molecule has 0 amide bonds. The van der Waals surface area contributed by atoms with Gasteiger partial charge in [0.1, 0.15) is 5.82 Å². The summed E-state index contributed by atoms with van der Waals surface area (Å²) in [5, 5.41) is 0. The van der Waals surface area contributed by atoms with Crippen molar-refractivity contribution in [2.75, 3.05) is 19.4 Å². The first-order valence-electron chi connectivity index (χ1n) is 7.53. The van der Waals surface area contributed by atoms with E-state index in [1.807, 2.05) is 17.7 Å². The van der Waals surface area contributed by atoms with Gasteiger partial charge in [0.2, 0.25) is 10.0 Å². The fourth-order valence-electron chi connectivity index (χ4n) is 2.84. The van der Waals surface area contributed by atoms with Gasteiger partial charge in [-0.1, -0.05) is 6.42 Å². The molecule has 120 valence electrons. The summed E-state index contributed by atoms with van der Waals surface area (Å²) in [5.74, 6) is 0.873. The number of ether oxygens (including phenoxy) is 1. The minimum atomic E-state index is -3.34. The van der Waals surface area contributed by atoms with Crippen molar-refractivity contribution >= 4 is 10.0 Å². The maximum atomic E-state index is 12.7. The molecule has 2 rings (SSSR count). The highest BCUT2D eigenvalue weighted by Gasteiger charge is 2.36. The Balaban J connectivity index is 2.27. The summed E-state index contributed by atoms with van der Waals surface area (Å²) in [6.07, 6.45) is 6.13. The van der Waals surface area contributed by atoms with Gasteiger partial charge in [0.15, 0.2) is 0 Å². The maximum absolute atomic E-state index is 12.7. The normalized spacial score (nSPS) is 22.3. The molecule has 0 saturated carbocycles. The van der Waals surface area contributed by atoms with Crippen LogP contribution in [0.1, 0.15) is 45.0 Å². The molecule has 0 aromatic carbocycles. The molecule has 0 radical (unpaired) electrons. The van der Waals surface area contributed by atoms with Crippen molar-refractivity contribution in [3.8, 4) is 0 Å². The Morgan fingerprint density at radius 1 is 1.48 bits per heavy atom. The summed E-state index contributed by atoms with van der Waals surface area (Å²) in [4.78, 5) is 4.40. The predicted molar refractivity (Wildman–Crippen MR) is 81.5 cm³/mol. The Morgan fingerprint density at radius 3 is 2.90 bits per heavy atom. The monoisotopic (exact) mass is 315 g/mol. The second kappa shape index (κ2) is 6.89. The van der Waals surface area contributed by atoms with Crippen LogP contribution in [0.15, 0.2) is 12.4 Å². The Morgan fingerprint density at radius 2 is 2.24 bits per heavy atom. The molecule has 1 saturated heterocycles. The van der Waals surface area contributed by atoms with E-state index in [2.05, 4.69) is 4.98 Å². The lowest BCUT2D eigenvalue weighted by Crippen LogP contribution is -2.42. The van der Waals surface area contributed by atoms with Gasteiger partial charge in [-0.25, -0.2) is 13.4 Å². The fourth-order valence-corrected chi connectivity index (χ4v) is 4.76. The third-order valence-corrected chi connectivity index (χ3v) is 6.09. The van der Waals surface area contributed by atoms with Gasteiger partial charge >= 0.3 is 0 Å². The Hall–Kier alpha value is -0.920. The van der Waals surface area contributed by atoms with E-state index in [0.29, 0.717) is 6.54 Å². The molecule has 1 aliphatic rings. The van der Waals surface area contributed by atoms with Crippen molar-refractivity contribution in [3.05, 3.63) is 18.2 Å². The van der Waals surface area contributed by atoms with E-state index in [1.54, 1.807) is 17.4 Å². The SMILES string of the molecule is CCn1ccnc1C1CCCCN1S(=O)(=O)CC(C)OC. The topological polar surface area (TPSA) is 64.4 Å². The lowest BCUT2D eigenvalue weighted by Gasteiger charge is -2.35. The summed E-state index contributed by atoms with van der Waals surface area (Å²) in [7, 11) is -1.80. The Labute approximate surface area is 127 Å². The summed E-state index contributed by atoms with van der Waals surface area (Å²) < 4.78 is 34.1. The number of aromatic nitrogens is 2. The zero-order valence-electron chi connectivity index (χ0n) is 13.0. The van der Waals surface area contributed by atoms with E-state index in [9.17, 15) is 8.42 Å². The molecule has 1 aromatic heterocycles. The van der Waals surface area contributed by atoms with Gasteiger partial charge in [0, 0.05) is 32.6 Å². The van der Waals surface area contributed by atoms with Gasteiger partial charge in [-0.2, -0.15) is 4.31 Å². The number of hydrogen-bond donors (Lipinski definition) is 0. The molecule has 2 unspecified atom stereocenters. The van der Waals surface area contributed by atoms with Crippen LogP contribution in [-0.2, 0) is 21.3 Å². The van der Waals surface area contributed by atoms with E-state index >= 15 is 0 Å². The first-order chi connectivity index (χ1) is 9.99. The highest BCUT2D eigenvalue weighted by atomic mass is 32.2. The van der Waals surface area contributed by atoms with Gasteiger partial charge in [-0.3, -0.25) is 0 Å². The summed E-state index contributed by atoms with van der Waals surface area (Å²) in [6.45, 7) is 5.19. The second-order valence-corrected chi connectivity index (χ2v) is 7.48. The van der Waals surface area contributed by atoms with Gasteiger partial charge in [0.05, 0.1) is 17.9 Å². The van der Waals surface area contributed by atoms with Crippen LogP contribution in [0.4, 0.5) is 0 Å². The average molecular weight is 315 g/mol. The molecular formula is C14H25N3O3S. The summed E-state index contributed by atoms with van der Waals surface area (Å²) >= 11 is 0. The van der Waals surface area contributed by atoms with E-state index in [0.717, 1.165) is 31.6 Å². The lowest BCUT2D eigenvalue weighted by molar-refractivity contribution is 0.133. The molecule has 0 aliphatic carbocycles. The van der Waals surface area contributed by atoms with Crippen LogP contribution in [0.5, 0.6) is 0 Å². The molecule has 1 aliphatic heterocycles. The Bertz CT molecular complexity index is 556. The quantitative estimate of drug-likeness (QED) is 0.803. The largest absolute Gasteiger partial charge is 0.381 e. The van der Waals surface area contributed by atoms with Gasteiger partial charge in [-0.05, 0) is 26.7 Å². The van der Waals surface area contributed by atoms with Crippen LogP contribution in [0.2, 0.25) is 0 Å². The Kier molecular flexibility index (Phi) is 5.40. The van der Waals surface area contributed by atoms with Gasteiger partial charge < -0.3 is 9.30 Å². The van der Waals surface area contributed by atoms with Crippen molar-refractivity contribution in [2.45, 2.75) is 51.8 Å². The van der Waals surface area contributed by atoms with Crippen molar-refractivity contribution in [1.82, 2.24) is 13.9 Å². The number of hydrogen-bond acceptors (Lipinski definition) is 4. The zero-order chi connectivity index (χ0) is 15.5. The number of piperidine rings is 1. The van der Waals surface area contributed by atoms with E-state index in [-0.39, 0.29) is 17.9 Å². The van der Waals surface area contributed by atoms with Crippen molar-refractivity contribution in [1.29, 1.82) is 0 Å². The smallest absolute Gasteiger partial charge is 0.217 e. The third kappa shape index (κ3) is 3.64. The van der Waals surface area contributed by atoms with Crippen LogP contribution in [0, 0.1) is 0 Å². The second-order valence-electron chi connectivity index (χ2n) is 5.52. The van der Waals surface area contributed by atoms with E-state index < -0.39 is 10.0 Å². The van der Waals surface area contributed by atoms with Crippen LogP contribution in [-0.4, -0.2) is 47.8 Å². The molecule has 0 spiro atoms. The third-order valence-electron chi connectivity index (χ3n) is 4.05. The van der Waals surface area contributed by atoms with Crippen LogP contribution in [0.25, 0.3) is 0 Å². The average Bonchev–Trinajstić information content (AvgIpc) is 2.95. The first-order valence-corrected chi connectivity index (χ1v) is 9.13. The number of aryl methyl sites for hydroxylation is 1. The highest BCUT2D eigenvalue weighted by molar-refractivity contribution is 7.89.